The van der Waals surface area contributed by atoms with Crippen molar-refractivity contribution < 1.29 is 27.4 Å². The van der Waals surface area contributed by atoms with Crippen molar-refractivity contribution in [2.75, 3.05) is 30.4 Å². The predicted octanol–water partition coefficient (Wildman–Crippen LogP) is 2.56. The molecule has 0 saturated carbocycles. The molecule has 0 radical (unpaired) electrons. The van der Waals surface area contributed by atoms with Gasteiger partial charge >= 0.3 is 0 Å². The first-order chi connectivity index (χ1) is 17.9. The summed E-state index contributed by atoms with van der Waals surface area (Å²) in [6.45, 7) is 0.553. The summed E-state index contributed by atoms with van der Waals surface area (Å²) in [5.41, 5.74) is 1.23. The summed E-state index contributed by atoms with van der Waals surface area (Å²) in [5.74, 6) is 1.31. The predicted molar refractivity (Wildman–Crippen MR) is 133 cm³/mol. The number of carbonyl (C=O) groups excluding carboxylic acids is 1. The standard InChI is InChI=1S/C24H22N6O6S/c1-34-17-8-6-16(7-9-17)25-23(31)15-30-27-24(26-29-30)19-4-2-3-5-20(19)28-37(32,33)18-10-11-21-22(14-18)36-13-12-35-21/h2-11,14,28H,12-13,15H2,1H3,(H,25,31). The van der Waals surface area contributed by atoms with Crippen LogP contribution in [0.1, 0.15) is 0 Å². The molecule has 2 heterocycles. The zero-order valence-electron chi connectivity index (χ0n) is 19.6. The van der Waals surface area contributed by atoms with Crippen LogP contribution in [0, 0.1) is 0 Å². The maximum absolute atomic E-state index is 13.1. The fraction of sp³-hybridized carbons (Fsp3) is 0.167. The Balaban J connectivity index is 1.31. The third kappa shape index (κ3) is 5.46. The summed E-state index contributed by atoms with van der Waals surface area (Å²) in [7, 11) is -2.41. The number of hydrogen-bond donors (Lipinski definition) is 2. The molecule has 5 rings (SSSR count). The number of fused-ring (bicyclic) bond motifs is 1. The average Bonchev–Trinajstić information content (AvgIpc) is 3.37. The Kier molecular flexibility index (Phi) is 6.60. The van der Waals surface area contributed by atoms with Gasteiger partial charge in [0.1, 0.15) is 25.5 Å². The van der Waals surface area contributed by atoms with Gasteiger partial charge in [0.25, 0.3) is 10.0 Å². The number of anilines is 2. The smallest absolute Gasteiger partial charge is 0.262 e. The van der Waals surface area contributed by atoms with E-state index in [2.05, 4.69) is 25.4 Å². The highest BCUT2D eigenvalue weighted by atomic mass is 32.2. The van der Waals surface area contributed by atoms with Gasteiger partial charge in [-0.15, -0.1) is 10.2 Å². The zero-order chi connectivity index (χ0) is 25.8. The molecule has 0 atom stereocenters. The molecule has 37 heavy (non-hydrogen) atoms. The Labute approximate surface area is 212 Å². The highest BCUT2D eigenvalue weighted by molar-refractivity contribution is 7.92. The molecule has 1 aromatic heterocycles. The van der Waals surface area contributed by atoms with E-state index in [4.69, 9.17) is 14.2 Å². The van der Waals surface area contributed by atoms with Crippen LogP contribution in [0.5, 0.6) is 17.2 Å². The van der Waals surface area contributed by atoms with Crippen LogP contribution in [-0.2, 0) is 21.4 Å². The number of nitrogens with zero attached hydrogens (tertiary/aromatic N) is 4. The summed E-state index contributed by atoms with van der Waals surface area (Å²) in [4.78, 5) is 13.6. The molecule has 0 saturated heterocycles. The van der Waals surface area contributed by atoms with Crippen molar-refractivity contribution in [3.05, 3.63) is 66.7 Å². The van der Waals surface area contributed by atoms with Gasteiger partial charge in [0.05, 0.1) is 17.7 Å². The van der Waals surface area contributed by atoms with Crippen molar-refractivity contribution in [3.8, 4) is 28.6 Å². The Hall–Kier alpha value is -4.65. The van der Waals surface area contributed by atoms with Gasteiger partial charge in [-0.05, 0) is 53.7 Å². The van der Waals surface area contributed by atoms with E-state index in [1.165, 1.54) is 12.1 Å². The second-order valence-corrected chi connectivity index (χ2v) is 9.56. The van der Waals surface area contributed by atoms with E-state index in [9.17, 15) is 13.2 Å². The van der Waals surface area contributed by atoms with E-state index < -0.39 is 10.0 Å². The van der Waals surface area contributed by atoms with Crippen molar-refractivity contribution in [1.29, 1.82) is 0 Å². The summed E-state index contributed by atoms with van der Waals surface area (Å²) < 4.78 is 44.8. The lowest BCUT2D eigenvalue weighted by Gasteiger charge is -2.19. The van der Waals surface area contributed by atoms with Crippen LogP contribution < -0.4 is 24.2 Å². The van der Waals surface area contributed by atoms with E-state index in [1.807, 2.05) is 0 Å². The molecule has 190 valence electrons. The first-order valence-electron chi connectivity index (χ1n) is 11.1. The fourth-order valence-electron chi connectivity index (χ4n) is 3.58. The van der Waals surface area contributed by atoms with Crippen LogP contribution in [0.25, 0.3) is 11.4 Å². The Bertz CT molecular complexity index is 1540. The summed E-state index contributed by atoms with van der Waals surface area (Å²) >= 11 is 0. The topological polar surface area (TPSA) is 147 Å². The van der Waals surface area contributed by atoms with E-state index in [-0.39, 0.29) is 28.9 Å². The number of hydrogen-bond acceptors (Lipinski definition) is 9. The maximum Gasteiger partial charge on any atom is 0.262 e. The minimum absolute atomic E-state index is 0.0124. The molecular formula is C24H22N6O6S. The minimum atomic E-state index is -3.97. The quantitative estimate of drug-likeness (QED) is 0.356. The molecule has 1 aliphatic heterocycles. The second kappa shape index (κ2) is 10.1. The van der Waals surface area contributed by atoms with Crippen molar-refractivity contribution in [3.63, 3.8) is 0 Å². The normalized spacial score (nSPS) is 12.6. The Morgan fingerprint density at radius 3 is 2.57 bits per heavy atom. The summed E-state index contributed by atoms with van der Waals surface area (Å²) in [6, 6.07) is 17.9. The van der Waals surface area contributed by atoms with Crippen LogP contribution in [0.15, 0.2) is 71.6 Å². The molecular weight excluding hydrogens is 500 g/mol. The maximum atomic E-state index is 13.1. The number of nitrogens with one attached hydrogen (secondary N) is 2. The van der Waals surface area contributed by atoms with Gasteiger partial charge < -0.3 is 19.5 Å². The number of aromatic nitrogens is 4. The van der Waals surface area contributed by atoms with E-state index in [0.29, 0.717) is 41.7 Å². The van der Waals surface area contributed by atoms with Gasteiger partial charge in [-0.1, -0.05) is 12.1 Å². The molecule has 0 aliphatic carbocycles. The molecule has 1 amide bonds. The zero-order valence-corrected chi connectivity index (χ0v) is 20.4. The minimum Gasteiger partial charge on any atom is -0.497 e. The lowest BCUT2D eigenvalue weighted by molar-refractivity contribution is -0.117. The largest absolute Gasteiger partial charge is 0.497 e. The molecule has 12 nitrogen and oxygen atoms in total. The Morgan fingerprint density at radius 2 is 1.78 bits per heavy atom. The van der Waals surface area contributed by atoms with E-state index in [1.54, 1.807) is 61.7 Å². The van der Waals surface area contributed by atoms with Crippen molar-refractivity contribution in [2.45, 2.75) is 11.4 Å². The van der Waals surface area contributed by atoms with Gasteiger partial charge in [0, 0.05) is 17.3 Å². The summed E-state index contributed by atoms with van der Waals surface area (Å²) in [6.07, 6.45) is 0. The second-order valence-electron chi connectivity index (χ2n) is 7.88. The molecule has 4 aromatic rings. The van der Waals surface area contributed by atoms with Crippen LogP contribution in [0.4, 0.5) is 11.4 Å². The van der Waals surface area contributed by atoms with E-state index in [0.717, 1.165) is 4.80 Å². The monoisotopic (exact) mass is 522 g/mol. The molecule has 0 fully saturated rings. The molecule has 0 bridgehead atoms. The van der Waals surface area contributed by atoms with Crippen LogP contribution in [0.3, 0.4) is 0 Å². The number of sulfonamides is 1. The van der Waals surface area contributed by atoms with Crippen LogP contribution in [0.2, 0.25) is 0 Å². The third-order valence-corrected chi connectivity index (χ3v) is 6.71. The number of amides is 1. The number of methoxy groups -OCH3 is 1. The SMILES string of the molecule is COc1ccc(NC(=O)Cn2nnc(-c3ccccc3NS(=O)(=O)c3ccc4c(c3)OCCO4)n2)cc1. The lowest BCUT2D eigenvalue weighted by Crippen LogP contribution is -2.20. The summed E-state index contributed by atoms with van der Waals surface area (Å²) in [5, 5.41) is 14.9. The number of para-hydroxylation sites is 1. The molecule has 0 unspecified atom stereocenters. The molecule has 0 spiro atoms. The van der Waals surface area contributed by atoms with Crippen molar-refractivity contribution in [2.24, 2.45) is 0 Å². The van der Waals surface area contributed by atoms with Gasteiger partial charge in [-0.2, -0.15) is 4.80 Å². The van der Waals surface area contributed by atoms with Gasteiger partial charge in [-0.3, -0.25) is 9.52 Å². The number of carbonyl (C=O) groups is 1. The Morgan fingerprint density at radius 1 is 1.03 bits per heavy atom. The molecule has 3 aromatic carbocycles. The van der Waals surface area contributed by atoms with Crippen LogP contribution in [-0.4, -0.2) is 54.9 Å². The highest BCUT2D eigenvalue weighted by Gasteiger charge is 2.22. The first kappa shape index (κ1) is 24.1. The molecule has 13 heteroatoms. The fourth-order valence-corrected chi connectivity index (χ4v) is 4.68. The first-order valence-corrected chi connectivity index (χ1v) is 12.6. The third-order valence-electron chi connectivity index (χ3n) is 5.35. The van der Waals surface area contributed by atoms with E-state index >= 15 is 0 Å². The molecule has 1 aliphatic rings. The van der Waals surface area contributed by atoms with Crippen LogP contribution >= 0.6 is 0 Å². The number of tetrazole rings is 1. The van der Waals surface area contributed by atoms with Gasteiger partial charge in [-0.25, -0.2) is 8.42 Å². The number of rotatable bonds is 8. The highest BCUT2D eigenvalue weighted by Crippen LogP contribution is 2.33. The van der Waals surface area contributed by atoms with Crippen molar-refractivity contribution >= 4 is 27.3 Å². The lowest BCUT2D eigenvalue weighted by atomic mass is 10.2. The number of ether oxygens (including phenoxy) is 3. The molecule has 2 N–H and O–H groups in total. The average molecular weight is 523 g/mol. The number of benzene rings is 3. The van der Waals surface area contributed by atoms with Crippen molar-refractivity contribution in [1.82, 2.24) is 20.2 Å². The van der Waals surface area contributed by atoms with Gasteiger partial charge in [0.15, 0.2) is 11.5 Å². The van der Waals surface area contributed by atoms with Gasteiger partial charge in [0.2, 0.25) is 11.7 Å².